The summed E-state index contributed by atoms with van der Waals surface area (Å²) in [4.78, 5) is 20.6. The number of nitrogens with one attached hydrogen (secondary N) is 1. The maximum Gasteiger partial charge on any atom is 0.317 e. The van der Waals surface area contributed by atoms with E-state index in [9.17, 15) is 13.6 Å². The van der Waals surface area contributed by atoms with E-state index in [0.29, 0.717) is 37.0 Å². The number of oxazole rings is 1. The van der Waals surface area contributed by atoms with Crippen LogP contribution in [0.25, 0.3) is 11.3 Å². The lowest BCUT2D eigenvalue weighted by Crippen LogP contribution is -2.41. The topological polar surface area (TPSA) is 70.8 Å². The maximum absolute atomic E-state index is 13.8. The Morgan fingerprint density at radius 3 is 2.76 bits per heavy atom. The van der Waals surface area contributed by atoms with Gasteiger partial charge in [-0.25, -0.2) is 18.6 Å². The summed E-state index contributed by atoms with van der Waals surface area (Å²) in [5.41, 5.74) is 1.92. The number of anilines is 1. The van der Waals surface area contributed by atoms with E-state index in [0.717, 1.165) is 42.4 Å². The fourth-order valence-electron chi connectivity index (χ4n) is 3.91. The van der Waals surface area contributed by atoms with Gasteiger partial charge in [0.25, 0.3) is 0 Å². The second-order valence-electron chi connectivity index (χ2n) is 7.85. The number of ether oxygens (including phenoxy) is 1. The second-order valence-corrected chi connectivity index (χ2v) is 7.85. The molecule has 0 saturated carbocycles. The van der Waals surface area contributed by atoms with E-state index in [1.807, 2.05) is 18.2 Å². The number of aryl methyl sites for hydroxylation is 1. The number of nitrogens with zero attached hydrogens (tertiary/aromatic N) is 3. The molecule has 1 aromatic heterocycles. The average Bonchev–Trinajstić information content (AvgIpc) is 3.10. The number of halogens is 2. The highest BCUT2D eigenvalue weighted by molar-refractivity contribution is 5.74. The minimum atomic E-state index is -0.545. The number of methoxy groups -OCH3 is 1. The molecule has 0 spiro atoms. The summed E-state index contributed by atoms with van der Waals surface area (Å²) in [6, 6.07) is 8.80. The molecule has 1 fully saturated rings. The molecule has 1 aliphatic rings. The Labute approximate surface area is 191 Å². The summed E-state index contributed by atoms with van der Waals surface area (Å²) < 4.78 is 38.4. The van der Waals surface area contributed by atoms with Crippen molar-refractivity contribution in [3.63, 3.8) is 0 Å². The van der Waals surface area contributed by atoms with Gasteiger partial charge in [-0.1, -0.05) is 0 Å². The number of hydrogen-bond donors (Lipinski definition) is 1. The highest BCUT2D eigenvalue weighted by Gasteiger charge is 2.21. The molecule has 9 heteroatoms. The van der Waals surface area contributed by atoms with Gasteiger partial charge < -0.3 is 24.3 Å². The number of carbonyl (C=O) groups is 1. The van der Waals surface area contributed by atoms with Crippen molar-refractivity contribution < 1.29 is 22.7 Å². The number of carbonyl (C=O) groups excluding carboxylic acids is 1. The van der Waals surface area contributed by atoms with Gasteiger partial charge in [0, 0.05) is 57.0 Å². The number of aromatic nitrogens is 1. The van der Waals surface area contributed by atoms with Crippen LogP contribution in [0.15, 0.2) is 47.0 Å². The van der Waals surface area contributed by atoms with Crippen molar-refractivity contribution in [1.29, 1.82) is 0 Å². The van der Waals surface area contributed by atoms with Gasteiger partial charge >= 0.3 is 6.03 Å². The van der Waals surface area contributed by atoms with Gasteiger partial charge in [-0.2, -0.15) is 0 Å². The molecule has 0 bridgehead atoms. The molecule has 1 saturated heterocycles. The Hall–Kier alpha value is -3.62. The molecular formula is C24H26F2N4O3. The summed E-state index contributed by atoms with van der Waals surface area (Å²) in [7, 11) is 1.61. The third-order valence-electron chi connectivity index (χ3n) is 5.66. The SMILES string of the molecule is COc1cc(N2CCCN(C(=O)NCc3cc(F)ccc3F)CC2)ccc1-c1cnc(C)o1. The molecule has 4 rings (SSSR count). The lowest BCUT2D eigenvalue weighted by Gasteiger charge is -2.24. The number of hydrogen-bond acceptors (Lipinski definition) is 5. The normalized spacial score (nSPS) is 14.2. The minimum absolute atomic E-state index is 0.0671. The van der Waals surface area contributed by atoms with Crippen LogP contribution in [0.5, 0.6) is 5.75 Å². The Morgan fingerprint density at radius 2 is 2.00 bits per heavy atom. The zero-order valence-corrected chi connectivity index (χ0v) is 18.6. The van der Waals surface area contributed by atoms with Crippen LogP contribution >= 0.6 is 0 Å². The Morgan fingerprint density at radius 1 is 1.15 bits per heavy atom. The third-order valence-corrected chi connectivity index (χ3v) is 5.66. The first kappa shape index (κ1) is 22.6. The predicted molar refractivity (Wildman–Crippen MR) is 120 cm³/mol. The van der Waals surface area contributed by atoms with Crippen molar-refractivity contribution in [3.8, 4) is 17.1 Å². The molecule has 2 heterocycles. The molecule has 2 aromatic carbocycles. The molecule has 33 heavy (non-hydrogen) atoms. The zero-order chi connectivity index (χ0) is 23.4. The molecule has 174 valence electrons. The van der Waals surface area contributed by atoms with E-state index in [2.05, 4.69) is 15.2 Å². The van der Waals surface area contributed by atoms with Gasteiger partial charge in [-0.05, 0) is 36.8 Å². The van der Waals surface area contributed by atoms with Crippen LogP contribution in [-0.2, 0) is 6.54 Å². The van der Waals surface area contributed by atoms with Crippen LogP contribution in [-0.4, -0.2) is 49.2 Å². The first-order valence-electron chi connectivity index (χ1n) is 10.8. The van der Waals surface area contributed by atoms with Crippen molar-refractivity contribution in [2.45, 2.75) is 19.9 Å². The van der Waals surface area contributed by atoms with Crippen molar-refractivity contribution in [2.24, 2.45) is 0 Å². The van der Waals surface area contributed by atoms with Crippen LogP contribution < -0.4 is 15.0 Å². The number of rotatable bonds is 5. The first-order chi connectivity index (χ1) is 15.9. The van der Waals surface area contributed by atoms with Crippen molar-refractivity contribution in [1.82, 2.24) is 15.2 Å². The molecule has 0 atom stereocenters. The lowest BCUT2D eigenvalue weighted by molar-refractivity contribution is 0.201. The standard InChI is InChI=1S/C24H26F2N4O3/c1-16-27-15-23(33-16)20-6-5-19(13-22(20)32-2)29-8-3-9-30(11-10-29)24(31)28-14-17-12-18(25)4-7-21(17)26/h4-7,12-13,15H,3,8-11,14H2,1-2H3,(H,28,31). The van der Waals surface area contributed by atoms with Crippen LogP contribution in [0, 0.1) is 18.6 Å². The number of amides is 2. The highest BCUT2D eigenvalue weighted by atomic mass is 19.1. The molecule has 0 radical (unpaired) electrons. The van der Waals surface area contributed by atoms with E-state index in [-0.39, 0.29) is 18.1 Å². The van der Waals surface area contributed by atoms with Crippen molar-refractivity contribution >= 4 is 11.7 Å². The largest absolute Gasteiger partial charge is 0.496 e. The Kier molecular flexibility index (Phi) is 6.76. The minimum Gasteiger partial charge on any atom is -0.496 e. The molecule has 3 aromatic rings. The molecule has 0 aliphatic carbocycles. The van der Waals surface area contributed by atoms with E-state index < -0.39 is 11.6 Å². The lowest BCUT2D eigenvalue weighted by atomic mass is 10.1. The maximum atomic E-state index is 13.8. The van der Waals surface area contributed by atoms with E-state index >= 15 is 0 Å². The molecule has 7 nitrogen and oxygen atoms in total. The second kappa shape index (κ2) is 9.89. The molecule has 2 amide bonds. The molecule has 0 unspecified atom stereocenters. The fourth-order valence-corrected chi connectivity index (χ4v) is 3.91. The van der Waals surface area contributed by atoms with Crippen LogP contribution in [0.2, 0.25) is 0 Å². The summed E-state index contributed by atoms with van der Waals surface area (Å²) in [6.07, 6.45) is 2.44. The highest BCUT2D eigenvalue weighted by Crippen LogP contribution is 2.34. The van der Waals surface area contributed by atoms with Gasteiger partial charge in [0.1, 0.15) is 17.4 Å². The van der Waals surface area contributed by atoms with E-state index in [4.69, 9.17) is 9.15 Å². The average molecular weight is 456 g/mol. The van der Waals surface area contributed by atoms with Gasteiger partial charge in [-0.15, -0.1) is 0 Å². The Balaban J connectivity index is 1.39. The molecule has 1 aliphatic heterocycles. The summed E-state index contributed by atoms with van der Waals surface area (Å²) in [5, 5.41) is 2.69. The first-order valence-corrected chi connectivity index (χ1v) is 10.8. The predicted octanol–water partition coefficient (Wildman–Crippen LogP) is 4.36. The Bertz CT molecular complexity index is 1130. The zero-order valence-electron chi connectivity index (χ0n) is 18.6. The molecule has 1 N–H and O–H groups in total. The fraction of sp³-hybridized carbons (Fsp3) is 0.333. The van der Waals surface area contributed by atoms with Crippen LogP contribution in [0.3, 0.4) is 0 Å². The molecular weight excluding hydrogens is 430 g/mol. The van der Waals surface area contributed by atoms with E-state index in [1.165, 1.54) is 0 Å². The smallest absolute Gasteiger partial charge is 0.317 e. The number of urea groups is 1. The van der Waals surface area contributed by atoms with E-state index in [1.54, 1.807) is 25.1 Å². The summed E-state index contributed by atoms with van der Waals surface area (Å²) in [5.74, 6) is 0.827. The van der Waals surface area contributed by atoms with Crippen molar-refractivity contribution in [2.75, 3.05) is 38.2 Å². The quantitative estimate of drug-likeness (QED) is 0.618. The number of benzene rings is 2. The summed E-state index contributed by atoms with van der Waals surface area (Å²) >= 11 is 0. The summed E-state index contributed by atoms with van der Waals surface area (Å²) in [6.45, 7) is 4.20. The van der Waals surface area contributed by atoms with Crippen LogP contribution in [0.4, 0.5) is 19.3 Å². The van der Waals surface area contributed by atoms with Crippen molar-refractivity contribution in [3.05, 3.63) is 65.7 Å². The van der Waals surface area contributed by atoms with Gasteiger partial charge in [-0.3, -0.25) is 0 Å². The van der Waals surface area contributed by atoms with Gasteiger partial charge in [0.15, 0.2) is 11.7 Å². The van der Waals surface area contributed by atoms with Gasteiger partial charge in [0.2, 0.25) is 0 Å². The monoisotopic (exact) mass is 456 g/mol. The van der Waals surface area contributed by atoms with Crippen LogP contribution in [0.1, 0.15) is 17.9 Å². The van der Waals surface area contributed by atoms with Gasteiger partial charge in [0.05, 0.1) is 18.9 Å². The third kappa shape index (κ3) is 5.24.